The molecule has 0 fully saturated rings. The predicted octanol–water partition coefficient (Wildman–Crippen LogP) is 0.673. The molecule has 0 bridgehead atoms. The summed E-state index contributed by atoms with van der Waals surface area (Å²) in [5, 5.41) is 20.4. The smallest absolute Gasteiger partial charge is 0.331 e. The van der Waals surface area contributed by atoms with Gasteiger partial charge in [-0.2, -0.15) is 0 Å². The number of aryl methyl sites for hydroxylation is 2. The van der Waals surface area contributed by atoms with E-state index in [2.05, 4.69) is 20.5 Å². The molecule has 0 aliphatic carbocycles. The van der Waals surface area contributed by atoms with E-state index in [1.54, 1.807) is 20.0 Å². The van der Waals surface area contributed by atoms with Crippen molar-refractivity contribution in [2.75, 3.05) is 0 Å². The van der Waals surface area contributed by atoms with E-state index in [9.17, 15) is 9.90 Å². The van der Waals surface area contributed by atoms with Gasteiger partial charge in [-0.3, -0.25) is 4.98 Å². The molecule has 2 aromatic rings. The Morgan fingerprint density at radius 3 is 2.79 bits per heavy atom. The summed E-state index contributed by atoms with van der Waals surface area (Å²) < 4.78 is 1.35. The molecule has 0 amide bonds. The minimum absolute atomic E-state index is 0.540. The Balaban J connectivity index is 2.15. The van der Waals surface area contributed by atoms with E-state index < -0.39 is 11.5 Å². The molecule has 0 aliphatic heterocycles. The highest BCUT2D eigenvalue weighted by Crippen LogP contribution is 2.16. The van der Waals surface area contributed by atoms with Gasteiger partial charge < -0.3 is 5.11 Å². The first-order valence-electron chi connectivity index (χ1n) is 5.93. The molecule has 0 atom stereocenters. The van der Waals surface area contributed by atoms with Crippen LogP contribution in [0.15, 0.2) is 24.4 Å². The molecule has 0 radical (unpaired) electrons. The van der Waals surface area contributed by atoms with Crippen molar-refractivity contribution in [1.29, 1.82) is 0 Å². The van der Waals surface area contributed by atoms with Crippen molar-refractivity contribution in [2.24, 2.45) is 0 Å². The summed E-state index contributed by atoms with van der Waals surface area (Å²) >= 11 is 0. The summed E-state index contributed by atoms with van der Waals surface area (Å²) in [4.78, 5) is 15.4. The molecule has 19 heavy (non-hydrogen) atoms. The standard InChI is InChI=1S/C12H15N5O2/c1-12(2,11(18)19)17-10(14-15-16-17)7-6-9-5-3-4-8-13-9/h3-5,8H,6-7H2,1-2H3,(H,18,19). The fourth-order valence-corrected chi connectivity index (χ4v) is 1.67. The summed E-state index contributed by atoms with van der Waals surface area (Å²) in [7, 11) is 0. The number of rotatable bonds is 5. The second-order valence-electron chi connectivity index (χ2n) is 4.69. The number of pyridine rings is 1. The van der Waals surface area contributed by atoms with Crippen LogP contribution in [0.2, 0.25) is 0 Å². The molecule has 1 N–H and O–H groups in total. The van der Waals surface area contributed by atoms with Crippen molar-refractivity contribution < 1.29 is 9.90 Å². The van der Waals surface area contributed by atoms with Gasteiger partial charge in [0.25, 0.3) is 0 Å². The second-order valence-corrected chi connectivity index (χ2v) is 4.69. The lowest BCUT2D eigenvalue weighted by Crippen LogP contribution is -2.38. The predicted molar refractivity (Wildman–Crippen MR) is 66.4 cm³/mol. The van der Waals surface area contributed by atoms with Gasteiger partial charge >= 0.3 is 5.97 Å². The Labute approximate surface area is 110 Å². The molecular formula is C12H15N5O2. The first kappa shape index (κ1) is 13.1. The molecule has 2 rings (SSSR count). The highest BCUT2D eigenvalue weighted by atomic mass is 16.4. The van der Waals surface area contributed by atoms with E-state index in [0.717, 1.165) is 5.69 Å². The summed E-state index contributed by atoms with van der Waals surface area (Å²) in [6.45, 7) is 3.13. The third-order valence-corrected chi connectivity index (χ3v) is 2.92. The average molecular weight is 261 g/mol. The molecule has 100 valence electrons. The minimum Gasteiger partial charge on any atom is -0.479 e. The lowest BCUT2D eigenvalue weighted by atomic mass is 10.1. The average Bonchev–Trinajstić information content (AvgIpc) is 2.86. The third kappa shape index (κ3) is 2.75. The quantitative estimate of drug-likeness (QED) is 0.850. The van der Waals surface area contributed by atoms with Gasteiger partial charge in [0.15, 0.2) is 11.4 Å². The van der Waals surface area contributed by atoms with E-state index in [-0.39, 0.29) is 0 Å². The van der Waals surface area contributed by atoms with Crippen LogP contribution in [0.3, 0.4) is 0 Å². The molecule has 0 unspecified atom stereocenters. The van der Waals surface area contributed by atoms with Gasteiger partial charge in [-0.05, 0) is 42.8 Å². The molecule has 7 heteroatoms. The van der Waals surface area contributed by atoms with Crippen LogP contribution in [0, 0.1) is 0 Å². The van der Waals surface area contributed by atoms with E-state index in [4.69, 9.17) is 0 Å². The van der Waals surface area contributed by atoms with E-state index in [0.29, 0.717) is 18.7 Å². The number of aliphatic carboxylic acids is 1. The number of aromatic nitrogens is 5. The van der Waals surface area contributed by atoms with Gasteiger partial charge in [0.1, 0.15) is 0 Å². The molecule has 2 aromatic heterocycles. The molecule has 0 aromatic carbocycles. The number of hydrogen-bond donors (Lipinski definition) is 1. The molecular weight excluding hydrogens is 246 g/mol. The van der Waals surface area contributed by atoms with Crippen LogP contribution in [0.25, 0.3) is 0 Å². The van der Waals surface area contributed by atoms with Crippen LogP contribution in [-0.4, -0.2) is 36.3 Å². The van der Waals surface area contributed by atoms with Gasteiger partial charge in [-0.25, -0.2) is 9.48 Å². The lowest BCUT2D eigenvalue weighted by Gasteiger charge is -2.20. The van der Waals surface area contributed by atoms with Crippen LogP contribution in [0.5, 0.6) is 0 Å². The van der Waals surface area contributed by atoms with Gasteiger partial charge in [0.05, 0.1) is 0 Å². The molecule has 7 nitrogen and oxygen atoms in total. The number of tetrazole rings is 1. The maximum Gasteiger partial charge on any atom is 0.331 e. The SMILES string of the molecule is CC(C)(C(=O)O)n1nnnc1CCc1ccccn1. The number of carboxylic acids is 1. The first-order valence-corrected chi connectivity index (χ1v) is 5.93. The first-order chi connectivity index (χ1) is 9.01. The summed E-state index contributed by atoms with van der Waals surface area (Å²) in [6, 6.07) is 5.67. The topological polar surface area (TPSA) is 93.8 Å². The molecule has 2 heterocycles. The van der Waals surface area contributed by atoms with Crippen molar-refractivity contribution >= 4 is 5.97 Å². The van der Waals surface area contributed by atoms with E-state index in [1.807, 2.05) is 18.2 Å². The summed E-state index contributed by atoms with van der Waals surface area (Å²) in [5.41, 5.74) is -0.242. The van der Waals surface area contributed by atoms with Crippen molar-refractivity contribution in [3.63, 3.8) is 0 Å². The molecule has 0 spiro atoms. The zero-order valence-corrected chi connectivity index (χ0v) is 10.8. The van der Waals surface area contributed by atoms with Crippen molar-refractivity contribution in [2.45, 2.75) is 32.2 Å². The minimum atomic E-state index is -1.16. The van der Waals surface area contributed by atoms with Crippen LogP contribution in [0.4, 0.5) is 0 Å². The third-order valence-electron chi connectivity index (χ3n) is 2.92. The van der Waals surface area contributed by atoms with Gasteiger partial charge in [0.2, 0.25) is 0 Å². The maximum absolute atomic E-state index is 11.2. The molecule has 0 saturated heterocycles. The number of nitrogens with zero attached hydrogens (tertiary/aromatic N) is 5. The van der Waals surface area contributed by atoms with Gasteiger partial charge in [-0.1, -0.05) is 6.07 Å². The van der Waals surface area contributed by atoms with Crippen molar-refractivity contribution in [1.82, 2.24) is 25.2 Å². The Kier molecular flexibility index (Phi) is 3.55. The van der Waals surface area contributed by atoms with Crippen molar-refractivity contribution in [3.8, 4) is 0 Å². The van der Waals surface area contributed by atoms with Crippen LogP contribution in [0.1, 0.15) is 25.4 Å². The second kappa shape index (κ2) is 5.13. The number of carbonyl (C=O) groups is 1. The molecule has 0 saturated carbocycles. The highest BCUT2D eigenvalue weighted by molar-refractivity contribution is 5.75. The number of carboxylic acid groups (broad SMARTS) is 1. The van der Waals surface area contributed by atoms with E-state index in [1.165, 1.54) is 4.68 Å². The Morgan fingerprint density at radius 2 is 2.16 bits per heavy atom. The fraction of sp³-hybridized carbons (Fsp3) is 0.417. The Bertz CT molecular complexity index is 565. The Morgan fingerprint density at radius 1 is 1.37 bits per heavy atom. The van der Waals surface area contributed by atoms with Crippen LogP contribution >= 0.6 is 0 Å². The number of hydrogen-bond acceptors (Lipinski definition) is 5. The lowest BCUT2D eigenvalue weighted by molar-refractivity contribution is -0.146. The Hall–Kier alpha value is -2.31. The van der Waals surface area contributed by atoms with Gasteiger partial charge in [0, 0.05) is 18.3 Å². The van der Waals surface area contributed by atoms with Crippen LogP contribution in [-0.2, 0) is 23.2 Å². The monoisotopic (exact) mass is 261 g/mol. The zero-order chi connectivity index (χ0) is 13.9. The normalized spacial score (nSPS) is 11.5. The van der Waals surface area contributed by atoms with Crippen LogP contribution < -0.4 is 0 Å². The summed E-state index contributed by atoms with van der Waals surface area (Å²) in [6.07, 6.45) is 2.93. The highest BCUT2D eigenvalue weighted by Gasteiger charge is 2.33. The van der Waals surface area contributed by atoms with Gasteiger partial charge in [-0.15, -0.1) is 5.10 Å². The molecule has 0 aliphatic rings. The largest absolute Gasteiger partial charge is 0.479 e. The summed E-state index contributed by atoms with van der Waals surface area (Å²) in [5.74, 6) is -0.433. The fourth-order valence-electron chi connectivity index (χ4n) is 1.67. The van der Waals surface area contributed by atoms with E-state index >= 15 is 0 Å². The van der Waals surface area contributed by atoms with Crippen molar-refractivity contribution in [3.05, 3.63) is 35.9 Å². The maximum atomic E-state index is 11.2. The zero-order valence-electron chi connectivity index (χ0n) is 10.8.